The van der Waals surface area contributed by atoms with Gasteiger partial charge in [0.1, 0.15) is 0 Å². The molecule has 1 atom stereocenters. The summed E-state index contributed by atoms with van der Waals surface area (Å²) in [7, 11) is 0. The second kappa shape index (κ2) is 6.13. The van der Waals surface area contributed by atoms with Crippen LogP contribution in [0.3, 0.4) is 0 Å². The van der Waals surface area contributed by atoms with E-state index in [0.717, 1.165) is 12.1 Å². The Morgan fingerprint density at radius 3 is 2.76 bits per heavy atom. The van der Waals surface area contributed by atoms with Gasteiger partial charge < -0.3 is 5.32 Å². The normalized spacial score (nSPS) is 12.8. The van der Waals surface area contributed by atoms with Crippen LogP contribution < -0.4 is 10.6 Å². The van der Waals surface area contributed by atoms with Crippen LogP contribution in [-0.2, 0) is 6.18 Å². The first-order valence-electron chi connectivity index (χ1n) is 6.00. The maximum atomic E-state index is 12.6. The van der Waals surface area contributed by atoms with Crippen LogP contribution in [0.1, 0.15) is 24.1 Å². The van der Waals surface area contributed by atoms with Crippen LogP contribution >= 0.6 is 11.3 Å². The molecule has 2 amide bonds. The molecule has 2 N–H and O–H groups in total. The highest BCUT2D eigenvalue weighted by Gasteiger charge is 2.30. The molecule has 0 radical (unpaired) electrons. The molecule has 0 bridgehead atoms. The van der Waals surface area contributed by atoms with E-state index in [2.05, 4.69) is 15.6 Å². The van der Waals surface area contributed by atoms with E-state index in [1.54, 1.807) is 12.3 Å². The molecule has 21 heavy (non-hydrogen) atoms. The summed E-state index contributed by atoms with van der Waals surface area (Å²) in [6.45, 7) is 1.61. The smallest absolute Gasteiger partial charge is 0.331 e. The van der Waals surface area contributed by atoms with Gasteiger partial charge in [0.25, 0.3) is 0 Å². The molecular weight excluding hydrogens is 303 g/mol. The van der Waals surface area contributed by atoms with Crippen molar-refractivity contribution in [1.29, 1.82) is 0 Å². The van der Waals surface area contributed by atoms with Crippen LogP contribution in [0, 0.1) is 0 Å². The van der Waals surface area contributed by atoms with E-state index >= 15 is 0 Å². The summed E-state index contributed by atoms with van der Waals surface area (Å²) in [5, 5.41) is 7.19. The standard InChI is InChI=1S/C13H12F3N3OS/c1-8(18-11(20)19-12-17-5-6-21-12)9-3-2-4-10(7-9)13(14,15)16/h2-8H,1H3,(H2,17,18,19,20)/t8-/m0/s1. The average Bonchev–Trinajstić information content (AvgIpc) is 2.90. The molecule has 112 valence electrons. The van der Waals surface area contributed by atoms with Crippen LogP contribution in [0.25, 0.3) is 0 Å². The van der Waals surface area contributed by atoms with Crippen molar-refractivity contribution in [1.82, 2.24) is 10.3 Å². The number of carbonyl (C=O) groups is 1. The zero-order valence-electron chi connectivity index (χ0n) is 10.9. The van der Waals surface area contributed by atoms with Gasteiger partial charge in [-0.3, -0.25) is 5.32 Å². The van der Waals surface area contributed by atoms with Gasteiger partial charge in [0.05, 0.1) is 11.6 Å². The summed E-state index contributed by atoms with van der Waals surface area (Å²) in [5.74, 6) is 0. The number of benzene rings is 1. The summed E-state index contributed by atoms with van der Waals surface area (Å²) >= 11 is 1.25. The minimum absolute atomic E-state index is 0.374. The molecule has 2 rings (SSSR count). The zero-order valence-corrected chi connectivity index (χ0v) is 11.8. The molecule has 0 saturated carbocycles. The highest BCUT2D eigenvalue weighted by molar-refractivity contribution is 7.13. The van der Waals surface area contributed by atoms with Crippen molar-refractivity contribution in [2.24, 2.45) is 0 Å². The Morgan fingerprint density at radius 2 is 2.14 bits per heavy atom. The van der Waals surface area contributed by atoms with Gasteiger partial charge in [-0.2, -0.15) is 13.2 Å². The van der Waals surface area contributed by atoms with Crippen molar-refractivity contribution in [3.8, 4) is 0 Å². The minimum Gasteiger partial charge on any atom is -0.331 e. The number of rotatable bonds is 3. The number of hydrogen-bond donors (Lipinski definition) is 2. The number of amides is 2. The Labute approximate surface area is 123 Å². The molecule has 0 aliphatic carbocycles. The number of halogens is 3. The van der Waals surface area contributed by atoms with Crippen LogP contribution in [-0.4, -0.2) is 11.0 Å². The van der Waals surface area contributed by atoms with Gasteiger partial charge in [0.2, 0.25) is 0 Å². The third-order valence-corrected chi connectivity index (χ3v) is 3.40. The first kappa shape index (κ1) is 15.3. The Hall–Kier alpha value is -2.09. The van der Waals surface area contributed by atoms with Gasteiger partial charge in [-0.25, -0.2) is 9.78 Å². The molecule has 0 unspecified atom stereocenters. The predicted molar refractivity (Wildman–Crippen MR) is 74.1 cm³/mol. The van der Waals surface area contributed by atoms with E-state index < -0.39 is 23.8 Å². The molecule has 0 aliphatic heterocycles. The molecule has 0 aliphatic rings. The van der Waals surface area contributed by atoms with Crippen molar-refractivity contribution in [2.75, 3.05) is 5.32 Å². The first-order valence-corrected chi connectivity index (χ1v) is 6.88. The molecule has 8 heteroatoms. The lowest BCUT2D eigenvalue weighted by molar-refractivity contribution is -0.137. The van der Waals surface area contributed by atoms with Gasteiger partial charge in [-0.05, 0) is 24.6 Å². The van der Waals surface area contributed by atoms with Gasteiger partial charge in [-0.1, -0.05) is 12.1 Å². The molecule has 4 nitrogen and oxygen atoms in total. The fourth-order valence-electron chi connectivity index (χ4n) is 1.68. The van der Waals surface area contributed by atoms with E-state index in [4.69, 9.17) is 0 Å². The molecule has 0 fully saturated rings. The number of thiazole rings is 1. The number of aromatic nitrogens is 1. The fourth-order valence-corrected chi connectivity index (χ4v) is 2.21. The van der Waals surface area contributed by atoms with Crippen LogP contribution in [0.4, 0.5) is 23.1 Å². The van der Waals surface area contributed by atoms with E-state index in [-0.39, 0.29) is 0 Å². The van der Waals surface area contributed by atoms with Crippen molar-refractivity contribution < 1.29 is 18.0 Å². The molecular formula is C13H12F3N3OS. The average molecular weight is 315 g/mol. The van der Waals surface area contributed by atoms with Gasteiger partial charge in [-0.15, -0.1) is 11.3 Å². The largest absolute Gasteiger partial charge is 0.416 e. The van der Waals surface area contributed by atoms with Crippen LogP contribution in [0.15, 0.2) is 35.8 Å². The molecule has 1 aromatic heterocycles. The lowest BCUT2D eigenvalue weighted by Crippen LogP contribution is -2.31. The van der Waals surface area contributed by atoms with Crippen LogP contribution in [0.5, 0.6) is 0 Å². The summed E-state index contributed by atoms with van der Waals surface area (Å²) in [5.41, 5.74) is -0.368. The Kier molecular flexibility index (Phi) is 4.46. The number of urea groups is 1. The summed E-state index contributed by atoms with van der Waals surface area (Å²) in [4.78, 5) is 15.6. The molecule has 1 heterocycles. The highest BCUT2D eigenvalue weighted by atomic mass is 32.1. The molecule has 0 saturated heterocycles. The minimum atomic E-state index is -4.40. The number of nitrogens with one attached hydrogen (secondary N) is 2. The number of carbonyl (C=O) groups excluding carboxylic acids is 1. The lowest BCUT2D eigenvalue weighted by Gasteiger charge is -2.16. The first-order chi connectivity index (χ1) is 9.86. The van der Waals surface area contributed by atoms with E-state index in [1.165, 1.54) is 29.7 Å². The lowest BCUT2D eigenvalue weighted by atomic mass is 10.1. The predicted octanol–water partition coefficient (Wildman–Crippen LogP) is 4.04. The topological polar surface area (TPSA) is 54.0 Å². The second-order valence-corrected chi connectivity index (χ2v) is 5.18. The van der Waals surface area contributed by atoms with Crippen LogP contribution in [0.2, 0.25) is 0 Å². The second-order valence-electron chi connectivity index (χ2n) is 4.28. The SMILES string of the molecule is C[C@H](NC(=O)Nc1nccs1)c1cccc(C(F)(F)F)c1. The number of anilines is 1. The quantitative estimate of drug-likeness (QED) is 0.898. The third-order valence-electron chi connectivity index (χ3n) is 2.71. The Morgan fingerprint density at radius 1 is 1.38 bits per heavy atom. The highest BCUT2D eigenvalue weighted by Crippen LogP contribution is 2.30. The van der Waals surface area contributed by atoms with Crippen molar-refractivity contribution >= 4 is 22.5 Å². The Bertz CT molecular complexity index is 613. The summed E-state index contributed by atoms with van der Waals surface area (Å²) in [6.07, 6.45) is -2.87. The molecule has 1 aromatic carbocycles. The van der Waals surface area contributed by atoms with Crippen molar-refractivity contribution in [2.45, 2.75) is 19.1 Å². The maximum absolute atomic E-state index is 12.6. The maximum Gasteiger partial charge on any atom is 0.416 e. The number of alkyl halides is 3. The van der Waals surface area contributed by atoms with Gasteiger partial charge in [0.15, 0.2) is 5.13 Å². The van der Waals surface area contributed by atoms with Crippen molar-refractivity contribution in [3.63, 3.8) is 0 Å². The molecule has 0 spiro atoms. The third kappa shape index (κ3) is 4.19. The summed E-state index contributed by atoms with van der Waals surface area (Å²) < 4.78 is 37.9. The zero-order chi connectivity index (χ0) is 15.5. The van der Waals surface area contributed by atoms with E-state index in [0.29, 0.717) is 10.7 Å². The van der Waals surface area contributed by atoms with E-state index in [1.807, 2.05) is 0 Å². The van der Waals surface area contributed by atoms with E-state index in [9.17, 15) is 18.0 Å². The number of nitrogens with zero attached hydrogens (tertiary/aromatic N) is 1. The monoisotopic (exact) mass is 315 g/mol. The van der Waals surface area contributed by atoms with Gasteiger partial charge in [0, 0.05) is 11.6 Å². The van der Waals surface area contributed by atoms with Crippen molar-refractivity contribution in [3.05, 3.63) is 47.0 Å². The molecule has 2 aromatic rings. The Balaban J connectivity index is 2.03. The summed E-state index contributed by atoms with van der Waals surface area (Å²) in [6, 6.07) is 3.78. The van der Waals surface area contributed by atoms with Gasteiger partial charge >= 0.3 is 12.2 Å². The fraction of sp³-hybridized carbons (Fsp3) is 0.231. The number of hydrogen-bond acceptors (Lipinski definition) is 3.